The third kappa shape index (κ3) is 2.87. The van der Waals surface area contributed by atoms with Crippen molar-refractivity contribution in [1.29, 1.82) is 10.5 Å². The van der Waals surface area contributed by atoms with Crippen LogP contribution in [0.5, 0.6) is 0 Å². The average Bonchev–Trinajstić information content (AvgIpc) is 2.85. The molecular weight excluding hydrogens is 346 g/mol. The SMILES string of the molecule is CN(C)c1ccc(C=C2C(=C(C#N)C#N)c3ccccc3S2(O)O)cc1. The summed E-state index contributed by atoms with van der Waals surface area (Å²) < 4.78 is 21.7. The smallest absolute Gasteiger partial charge is 0.139 e. The molecule has 5 nitrogen and oxygen atoms in total. The number of allylic oxidation sites excluding steroid dienone is 2. The average molecular weight is 363 g/mol. The van der Waals surface area contributed by atoms with Crippen molar-refractivity contribution >= 4 is 27.9 Å². The fourth-order valence-electron chi connectivity index (χ4n) is 2.88. The van der Waals surface area contributed by atoms with E-state index < -0.39 is 10.6 Å². The molecule has 0 unspecified atom stereocenters. The number of hydrogen-bond acceptors (Lipinski definition) is 5. The van der Waals surface area contributed by atoms with Gasteiger partial charge < -0.3 is 4.90 Å². The lowest BCUT2D eigenvalue weighted by Crippen LogP contribution is -2.07. The summed E-state index contributed by atoms with van der Waals surface area (Å²) >= 11 is 0. The lowest BCUT2D eigenvalue weighted by atomic mass is 9.99. The minimum Gasteiger partial charge on any atom is -0.378 e. The highest BCUT2D eigenvalue weighted by Gasteiger charge is 2.38. The van der Waals surface area contributed by atoms with Crippen LogP contribution in [0.2, 0.25) is 0 Å². The fraction of sp³-hybridized carbons (Fsp3) is 0.100. The van der Waals surface area contributed by atoms with E-state index in [1.54, 1.807) is 30.3 Å². The van der Waals surface area contributed by atoms with Gasteiger partial charge in [0.15, 0.2) is 0 Å². The second kappa shape index (κ2) is 6.70. The van der Waals surface area contributed by atoms with Crippen LogP contribution >= 0.6 is 10.6 Å². The minimum atomic E-state index is -3.29. The molecule has 1 heterocycles. The summed E-state index contributed by atoms with van der Waals surface area (Å²) in [5, 5.41) is 18.7. The molecule has 0 bridgehead atoms. The van der Waals surface area contributed by atoms with Crippen molar-refractivity contribution in [3.05, 3.63) is 70.1 Å². The van der Waals surface area contributed by atoms with Crippen molar-refractivity contribution in [3.8, 4) is 12.1 Å². The molecule has 130 valence electrons. The standard InChI is InChI=1S/C20H17N3O2S/c1-23(2)16-9-7-14(8-10-16)11-19-20(15(12-21)13-22)17-5-3-4-6-18(17)26(19,24)25/h3-11,24-25H,1-2H3. The van der Waals surface area contributed by atoms with Gasteiger partial charge in [-0.2, -0.15) is 10.5 Å². The van der Waals surface area contributed by atoms with Gasteiger partial charge in [0.2, 0.25) is 0 Å². The first-order valence-corrected chi connectivity index (χ1v) is 9.36. The number of rotatable bonds is 2. The molecule has 26 heavy (non-hydrogen) atoms. The van der Waals surface area contributed by atoms with Crippen LogP contribution in [0.25, 0.3) is 11.6 Å². The van der Waals surface area contributed by atoms with Crippen LogP contribution in [-0.2, 0) is 0 Å². The lowest BCUT2D eigenvalue weighted by molar-refractivity contribution is 0.499. The van der Waals surface area contributed by atoms with Crippen molar-refractivity contribution in [2.45, 2.75) is 4.90 Å². The summed E-state index contributed by atoms with van der Waals surface area (Å²) in [6, 6.07) is 18.1. The highest BCUT2D eigenvalue weighted by Crippen LogP contribution is 2.68. The van der Waals surface area contributed by atoms with E-state index in [0.29, 0.717) is 16.0 Å². The molecule has 1 aliphatic rings. The maximum Gasteiger partial charge on any atom is 0.139 e. The molecule has 2 aromatic rings. The molecule has 0 amide bonds. The number of fused-ring (bicyclic) bond motifs is 1. The quantitative estimate of drug-likeness (QED) is 0.754. The first kappa shape index (κ1) is 17.8. The van der Waals surface area contributed by atoms with Crippen LogP contribution in [0.1, 0.15) is 11.1 Å². The highest BCUT2D eigenvalue weighted by molar-refractivity contribution is 8.28. The van der Waals surface area contributed by atoms with E-state index in [9.17, 15) is 19.6 Å². The van der Waals surface area contributed by atoms with Gasteiger partial charge in [-0.15, -0.1) is 10.6 Å². The zero-order chi connectivity index (χ0) is 18.9. The van der Waals surface area contributed by atoms with E-state index in [4.69, 9.17) is 0 Å². The molecule has 0 aromatic heterocycles. The maximum absolute atomic E-state index is 10.8. The van der Waals surface area contributed by atoms with Crippen molar-refractivity contribution in [2.75, 3.05) is 19.0 Å². The van der Waals surface area contributed by atoms with Gasteiger partial charge in [-0.1, -0.05) is 30.3 Å². The second-order valence-electron chi connectivity index (χ2n) is 6.01. The van der Waals surface area contributed by atoms with E-state index in [1.165, 1.54) is 0 Å². The van der Waals surface area contributed by atoms with Gasteiger partial charge in [-0.05, 0) is 29.8 Å². The van der Waals surface area contributed by atoms with Crippen LogP contribution < -0.4 is 4.90 Å². The zero-order valence-electron chi connectivity index (χ0n) is 14.3. The monoisotopic (exact) mass is 363 g/mol. The number of anilines is 1. The Morgan fingerprint density at radius 1 is 1.00 bits per heavy atom. The second-order valence-corrected chi connectivity index (χ2v) is 7.99. The molecule has 6 heteroatoms. The lowest BCUT2D eigenvalue weighted by Gasteiger charge is -2.29. The molecule has 2 N–H and O–H groups in total. The summed E-state index contributed by atoms with van der Waals surface area (Å²) in [4.78, 5) is 2.51. The normalized spacial score (nSPS) is 17.2. The van der Waals surface area contributed by atoms with E-state index in [1.807, 2.05) is 55.4 Å². The van der Waals surface area contributed by atoms with Crippen molar-refractivity contribution in [2.24, 2.45) is 0 Å². The summed E-state index contributed by atoms with van der Waals surface area (Å²) in [7, 11) is 0.576. The Bertz CT molecular complexity index is 991. The Hall–Kier alpha value is -3.03. The first-order valence-electron chi connectivity index (χ1n) is 7.81. The predicted octanol–water partition coefficient (Wildman–Crippen LogP) is 4.72. The van der Waals surface area contributed by atoms with E-state index in [2.05, 4.69) is 0 Å². The fourth-order valence-corrected chi connectivity index (χ4v) is 4.66. The topological polar surface area (TPSA) is 91.3 Å². The molecule has 0 atom stereocenters. The Kier molecular flexibility index (Phi) is 4.58. The maximum atomic E-state index is 10.8. The van der Waals surface area contributed by atoms with Crippen LogP contribution in [-0.4, -0.2) is 23.2 Å². The molecule has 3 rings (SSSR count). The van der Waals surface area contributed by atoms with Gasteiger partial charge >= 0.3 is 0 Å². The molecule has 0 saturated carbocycles. The number of nitrogens with zero attached hydrogens (tertiary/aromatic N) is 3. The molecule has 0 fully saturated rings. The molecular formula is C20H17N3O2S. The van der Waals surface area contributed by atoms with Crippen LogP contribution in [0, 0.1) is 22.7 Å². The van der Waals surface area contributed by atoms with Crippen LogP contribution in [0.4, 0.5) is 5.69 Å². The molecule has 0 radical (unpaired) electrons. The molecule has 0 aliphatic carbocycles. The van der Waals surface area contributed by atoms with Crippen molar-refractivity contribution < 1.29 is 9.11 Å². The van der Waals surface area contributed by atoms with Gasteiger partial charge in [-0.3, -0.25) is 9.11 Å². The Morgan fingerprint density at radius 2 is 1.62 bits per heavy atom. The Labute approximate surface area is 154 Å². The third-order valence-corrected chi connectivity index (χ3v) is 6.10. The number of nitriles is 2. The zero-order valence-corrected chi connectivity index (χ0v) is 15.2. The van der Waals surface area contributed by atoms with E-state index in [-0.39, 0.29) is 10.5 Å². The largest absolute Gasteiger partial charge is 0.378 e. The summed E-state index contributed by atoms with van der Waals surface area (Å²) in [5.41, 5.74) is 2.44. The van der Waals surface area contributed by atoms with Crippen molar-refractivity contribution in [3.63, 3.8) is 0 Å². The van der Waals surface area contributed by atoms with Crippen LogP contribution in [0.3, 0.4) is 0 Å². The van der Waals surface area contributed by atoms with E-state index in [0.717, 1.165) is 11.3 Å². The first-order chi connectivity index (χ1) is 12.4. The van der Waals surface area contributed by atoms with Crippen molar-refractivity contribution in [1.82, 2.24) is 0 Å². The van der Waals surface area contributed by atoms with Crippen LogP contribution in [0.15, 0.2) is 63.9 Å². The van der Waals surface area contributed by atoms with Gasteiger partial charge in [0.05, 0.1) is 9.80 Å². The van der Waals surface area contributed by atoms with Gasteiger partial charge in [0, 0.05) is 30.9 Å². The minimum absolute atomic E-state index is 0.133. The summed E-state index contributed by atoms with van der Waals surface area (Å²) in [6.45, 7) is 0. The van der Waals surface area contributed by atoms with Gasteiger partial charge in [0.25, 0.3) is 0 Å². The van der Waals surface area contributed by atoms with Gasteiger partial charge in [-0.25, -0.2) is 0 Å². The number of benzene rings is 2. The summed E-state index contributed by atoms with van der Waals surface area (Å²) in [6.07, 6.45) is 1.64. The molecule has 0 spiro atoms. The molecule has 0 saturated heterocycles. The predicted molar refractivity (Wildman–Crippen MR) is 104 cm³/mol. The molecule has 1 aliphatic heterocycles. The van der Waals surface area contributed by atoms with E-state index >= 15 is 0 Å². The highest BCUT2D eigenvalue weighted by atomic mass is 32.3. The number of hydrogen-bond donors (Lipinski definition) is 2. The summed E-state index contributed by atoms with van der Waals surface area (Å²) in [5.74, 6) is 0. The molecule has 2 aromatic carbocycles. The Balaban J connectivity index is 2.23. The van der Waals surface area contributed by atoms with Gasteiger partial charge in [0.1, 0.15) is 17.7 Å². The Morgan fingerprint density at radius 3 is 2.19 bits per heavy atom. The third-order valence-electron chi connectivity index (χ3n) is 4.20.